The highest BCUT2D eigenvalue weighted by molar-refractivity contribution is 5.92. The molecule has 2 aromatic rings. The Balaban J connectivity index is 1.46. The molecule has 27 heavy (non-hydrogen) atoms. The Morgan fingerprint density at radius 2 is 1.63 bits per heavy atom. The molecule has 1 aliphatic heterocycles. The summed E-state index contributed by atoms with van der Waals surface area (Å²) in [6, 6.07) is 17.9. The van der Waals surface area contributed by atoms with Crippen molar-refractivity contribution in [3.05, 3.63) is 65.7 Å². The van der Waals surface area contributed by atoms with Crippen molar-refractivity contribution >= 4 is 17.5 Å². The molecule has 4 nitrogen and oxygen atoms in total. The lowest BCUT2D eigenvalue weighted by Crippen LogP contribution is -2.27. The number of amides is 2. The number of likely N-dealkylation sites (tertiary alicyclic amines) is 1. The largest absolute Gasteiger partial charge is 0.343 e. The number of nitrogens with one attached hydrogen (secondary N) is 1. The molecule has 0 spiro atoms. The zero-order chi connectivity index (χ0) is 19.1. The van der Waals surface area contributed by atoms with E-state index < -0.39 is 0 Å². The molecule has 1 saturated heterocycles. The Hall–Kier alpha value is -2.62. The van der Waals surface area contributed by atoms with E-state index in [-0.39, 0.29) is 17.7 Å². The van der Waals surface area contributed by atoms with Crippen molar-refractivity contribution in [2.45, 2.75) is 39.0 Å². The minimum atomic E-state index is -0.0924. The van der Waals surface area contributed by atoms with Gasteiger partial charge in [0.25, 0.3) is 0 Å². The van der Waals surface area contributed by atoms with Gasteiger partial charge in [0.2, 0.25) is 11.8 Å². The number of aryl methyl sites for hydroxylation is 1. The number of nitrogens with zero attached hydrogens (tertiary/aromatic N) is 1. The molecule has 0 radical (unpaired) electrons. The van der Waals surface area contributed by atoms with Crippen LogP contribution in [0, 0.1) is 5.92 Å². The second kappa shape index (κ2) is 9.36. The van der Waals surface area contributed by atoms with Crippen LogP contribution in [0.5, 0.6) is 0 Å². The van der Waals surface area contributed by atoms with Gasteiger partial charge in [-0.25, -0.2) is 0 Å². The number of carbonyl (C=O) groups is 2. The zero-order valence-electron chi connectivity index (χ0n) is 16.0. The number of hydrogen-bond donors (Lipinski definition) is 1. The third-order valence-electron chi connectivity index (χ3n) is 5.14. The molecule has 3 rings (SSSR count). The van der Waals surface area contributed by atoms with E-state index >= 15 is 0 Å². The van der Waals surface area contributed by atoms with Crippen LogP contribution in [0.3, 0.4) is 0 Å². The van der Waals surface area contributed by atoms with Crippen LogP contribution in [-0.4, -0.2) is 29.8 Å². The van der Waals surface area contributed by atoms with E-state index in [1.807, 2.05) is 66.4 Å². The van der Waals surface area contributed by atoms with Crippen LogP contribution >= 0.6 is 0 Å². The fraction of sp³-hybridized carbons (Fsp3) is 0.391. The van der Waals surface area contributed by atoms with Gasteiger partial charge in [0.05, 0.1) is 0 Å². The molecule has 0 aromatic heterocycles. The Morgan fingerprint density at radius 1 is 0.963 bits per heavy atom. The molecule has 1 fully saturated rings. The van der Waals surface area contributed by atoms with Gasteiger partial charge in [0.1, 0.15) is 0 Å². The average molecular weight is 364 g/mol. The lowest BCUT2D eigenvalue weighted by molar-refractivity contribution is -0.130. The third kappa shape index (κ3) is 5.68. The lowest BCUT2D eigenvalue weighted by Gasteiger charge is -2.15. The summed E-state index contributed by atoms with van der Waals surface area (Å²) in [6.45, 7) is 3.76. The molecule has 2 amide bonds. The van der Waals surface area contributed by atoms with Crippen molar-refractivity contribution in [1.29, 1.82) is 0 Å². The van der Waals surface area contributed by atoms with Crippen LogP contribution in [0.15, 0.2) is 54.6 Å². The van der Waals surface area contributed by atoms with Crippen molar-refractivity contribution in [3.8, 4) is 0 Å². The monoisotopic (exact) mass is 364 g/mol. The van der Waals surface area contributed by atoms with Crippen molar-refractivity contribution in [1.82, 2.24) is 4.90 Å². The number of rotatable bonds is 7. The Kier molecular flexibility index (Phi) is 6.64. The topological polar surface area (TPSA) is 49.4 Å². The number of anilines is 1. The number of carbonyl (C=O) groups excluding carboxylic acids is 2. The first-order valence-corrected chi connectivity index (χ1v) is 9.83. The van der Waals surface area contributed by atoms with E-state index in [1.54, 1.807) is 0 Å². The van der Waals surface area contributed by atoms with Crippen LogP contribution < -0.4 is 5.32 Å². The van der Waals surface area contributed by atoms with E-state index in [1.165, 1.54) is 0 Å². The van der Waals surface area contributed by atoms with Gasteiger partial charge < -0.3 is 10.2 Å². The van der Waals surface area contributed by atoms with Gasteiger partial charge in [-0.3, -0.25) is 9.59 Å². The molecule has 1 atom stereocenters. The standard InChI is InChI=1S/C23H28N2O2/c1-18(17-20-7-3-2-4-8-20)23(27)24-21-12-9-19(10-13-21)11-14-22(26)25-15-5-6-16-25/h2-4,7-10,12-13,18H,5-6,11,14-17H2,1H3,(H,24,27). The van der Waals surface area contributed by atoms with Crippen LogP contribution in [0.25, 0.3) is 0 Å². The summed E-state index contributed by atoms with van der Waals surface area (Å²) < 4.78 is 0. The lowest BCUT2D eigenvalue weighted by atomic mass is 10.0. The average Bonchev–Trinajstić information content (AvgIpc) is 3.23. The summed E-state index contributed by atoms with van der Waals surface area (Å²) in [5, 5.41) is 2.98. The molecule has 1 aliphatic rings. The molecular formula is C23H28N2O2. The number of benzene rings is 2. The minimum absolute atomic E-state index is 0.0239. The molecule has 1 unspecified atom stereocenters. The first kappa shape index (κ1) is 19.2. The fourth-order valence-corrected chi connectivity index (χ4v) is 3.46. The molecule has 0 bridgehead atoms. The van der Waals surface area contributed by atoms with Gasteiger partial charge in [-0.15, -0.1) is 0 Å². The van der Waals surface area contributed by atoms with E-state index in [4.69, 9.17) is 0 Å². The van der Waals surface area contributed by atoms with Crippen molar-refractivity contribution < 1.29 is 9.59 Å². The minimum Gasteiger partial charge on any atom is -0.343 e. The van der Waals surface area contributed by atoms with Crippen LogP contribution in [-0.2, 0) is 22.4 Å². The normalized spacial score (nSPS) is 14.8. The van der Waals surface area contributed by atoms with Crippen molar-refractivity contribution in [2.75, 3.05) is 18.4 Å². The number of hydrogen-bond acceptors (Lipinski definition) is 2. The highest BCUT2D eigenvalue weighted by Gasteiger charge is 2.17. The van der Waals surface area contributed by atoms with E-state index in [9.17, 15) is 9.59 Å². The smallest absolute Gasteiger partial charge is 0.227 e. The fourth-order valence-electron chi connectivity index (χ4n) is 3.46. The summed E-state index contributed by atoms with van der Waals surface area (Å²) >= 11 is 0. The highest BCUT2D eigenvalue weighted by atomic mass is 16.2. The van der Waals surface area contributed by atoms with Gasteiger partial charge in [0, 0.05) is 31.1 Å². The predicted octanol–water partition coefficient (Wildman–Crippen LogP) is 4.06. The molecule has 0 aliphatic carbocycles. The molecule has 1 heterocycles. The summed E-state index contributed by atoms with van der Waals surface area (Å²) in [5.74, 6) is 0.181. The van der Waals surface area contributed by atoms with E-state index in [0.717, 1.165) is 55.6 Å². The summed E-state index contributed by atoms with van der Waals surface area (Å²) in [4.78, 5) is 26.5. The first-order chi connectivity index (χ1) is 13.1. The van der Waals surface area contributed by atoms with Crippen molar-refractivity contribution in [3.63, 3.8) is 0 Å². The SMILES string of the molecule is CC(Cc1ccccc1)C(=O)Nc1ccc(CCC(=O)N2CCCC2)cc1. The zero-order valence-corrected chi connectivity index (χ0v) is 16.0. The Bertz CT molecular complexity index is 750. The Labute approximate surface area is 161 Å². The molecule has 0 saturated carbocycles. The summed E-state index contributed by atoms with van der Waals surface area (Å²) in [7, 11) is 0. The van der Waals surface area contributed by atoms with Gasteiger partial charge in [0.15, 0.2) is 0 Å². The van der Waals surface area contributed by atoms with Crippen LogP contribution in [0.4, 0.5) is 5.69 Å². The van der Waals surface area contributed by atoms with Gasteiger partial charge in [-0.05, 0) is 48.9 Å². The third-order valence-corrected chi connectivity index (χ3v) is 5.14. The molecule has 1 N–H and O–H groups in total. The Morgan fingerprint density at radius 3 is 2.30 bits per heavy atom. The second-order valence-corrected chi connectivity index (χ2v) is 7.36. The van der Waals surface area contributed by atoms with Gasteiger partial charge in [-0.1, -0.05) is 49.4 Å². The molecule has 142 valence electrons. The predicted molar refractivity (Wildman–Crippen MR) is 109 cm³/mol. The first-order valence-electron chi connectivity index (χ1n) is 9.83. The maximum atomic E-state index is 12.4. The van der Waals surface area contributed by atoms with Crippen molar-refractivity contribution in [2.24, 2.45) is 5.92 Å². The van der Waals surface area contributed by atoms with Gasteiger partial charge in [-0.2, -0.15) is 0 Å². The maximum Gasteiger partial charge on any atom is 0.227 e. The quantitative estimate of drug-likeness (QED) is 0.805. The van der Waals surface area contributed by atoms with Crippen LogP contribution in [0.2, 0.25) is 0 Å². The highest BCUT2D eigenvalue weighted by Crippen LogP contribution is 2.16. The van der Waals surface area contributed by atoms with Crippen LogP contribution in [0.1, 0.15) is 37.3 Å². The second-order valence-electron chi connectivity index (χ2n) is 7.36. The molecule has 2 aromatic carbocycles. The van der Waals surface area contributed by atoms with E-state index in [2.05, 4.69) is 5.32 Å². The molecule has 4 heteroatoms. The van der Waals surface area contributed by atoms with Gasteiger partial charge >= 0.3 is 0 Å². The van der Waals surface area contributed by atoms with E-state index in [0.29, 0.717) is 6.42 Å². The summed E-state index contributed by atoms with van der Waals surface area (Å²) in [6.07, 6.45) is 4.28. The summed E-state index contributed by atoms with van der Waals surface area (Å²) in [5.41, 5.74) is 3.09. The maximum absolute atomic E-state index is 12.4. The molecular weight excluding hydrogens is 336 g/mol.